The van der Waals surface area contributed by atoms with Crippen molar-refractivity contribution in [1.29, 1.82) is 0 Å². The van der Waals surface area contributed by atoms with Crippen molar-refractivity contribution < 1.29 is 19.4 Å². The summed E-state index contributed by atoms with van der Waals surface area (Å²) < 4.78 is 10.4. The van der Waals surface area contributed by atoms with Crippen LogP contribution in [0.2, 0.25) is 5.02 Å². The molecule has 1 aliphatic heterocycles. The van der Waals surface area contributed by atoms with Crippen molar-refractivity contribution >= 4 is 17.6 Å². The van der Waals surface area contributed by atoms with E-state index in [2.05, 4.69) is 5.32 Å². The molecule has 0 amide bonds. The molecule has 2 unspecified atom stereocenters. The first-order valence-corrected chi connectivity index (χ1v) is 6.34. The lowest BCUT2D eigenvalue weighted by Gasteiger charge is -2.19. The smallest absolute Gasteiger partial charge is 0.321 e. The minimum Gasteiger partial charge on any atom is -0.493 e. The van der Waals surface area contributed by atoms with Gasteiger partial charge in [-0.05, 0) is 24.6 Å². The summed E-state index contributed by atoms with van der Waals surface area (Å²) >= 11 is 6.32. The molecule has 1 heterocycles. The molecule has 6 heteroatoms. The van der Waals surface area contributed by atoms with Crippen LogP contribution in [0.3, 0.4) is 0 Å². The van der Waals surface area contributed by atoms with Gasteiger partial charge in [-0.15, -0.1) is 0 Å². The summed E-state index contributed by atoms with van der Waals surface area (Å²) in [5.74, 6) is -0.0510. The first-order chi connectivity index (χ1) is 9.10. The molecular formula is C13H16ClNO4. The van der Waals surface area contributed by atoms with Crippen LogP contribution in [0, 0.1) is 0 Å². The molecule has 0 saturated carbocycles. The number of benzene rings is 1. The first-order valence-electron chi connectivity index (χ1n) is 5.96. The average Bonchev–Trinajstić information content (AvgIpc) is 2.87. The van der Waals surface area contributed by atoms with Crippen LogP contribution in [0.5, 0.6) is 11.5 Å². The molecule has 1 aromatic rings. The number of rotatable bonds is 4. The lowest BCUT2D eigenvalue weighted by Crippen LogP contribution is -2.34. The number of halogens is 1. The Balaban J connectivity index is 2.43. The number of aliphatic carboxylic acids is 1. The fourth-order valence-corrected chi connectivity index (χ4v) is 2.86. The molecule has 1 aromatic carbocycles. The third kappa shape index (κ3) is 2.48. The number of hydrogen-bond donors (Lipinski definition) is 2. The molecule has 2 rings (SSSR count). The van der Waals surface area contributed by atoms with Crippen LogP contribution in [0.25, 0.3) is 0 Å². The van der Waals surface area contributed by atoms with Gasteiger partial charge in [-0.25, -0.2) is 0 Å². The topological polar surface area (TPSA) is 67.8 Å². The average molecular weight is 286 g/mol. The number of carbonyl (C=O) groups is 1. The standard InChI is InChI=1S/C13H16ClNO4/c1-18-9-4-3-7(10(14)12(9)19-2)8-5-6-15-11(8)13(16)17/h3-4,8,11,15H,5-6H2,1-2H3,(H,16,17). The van der Waals surface area contributed by atoms with Crippen LogP contribution in [-0.2, 0) is 4.79 Å². The van der Waals surface area contributed by atoms with Gasteiger partial charge in [0.2, 0.25) is 0 Å². The summed E-state index contributed by atoms with van der Waals surface area (Å²) in [4.78, 5) is 11.2. The SMILES string of the molecule is COc1ccc(C2CCNC2C(=O)O)c(Cl)c1OC. The Morgan fingerprint density at radius 3 is 2.74 bits per heavy atom. The predicted molar refractivity (Wildman–Crippen MR) is 71.3 cm³/mol. The van der Waals surface area contributed by atoms with E-state index < -0.39 is 12.0 Å². The summed E-state index contributed by atoms with van der Waals surface area (Å²) in [6, 6.07) is 2.93. The first kappa shape index (κ1) is 14.0. The molecular weight excluding hydrogens is 270 g/mol. The van der Waals surface area contributed by atoms with Gasteiger partial charge in [-0.2, -0.15) is 0 Å². The third-order valence-corrected chi connectivity index (χ3v) is 3.79. The van der Waals surface area contributed by atoms with Gasteiger partial charge < -0.3 is 19.9 Å². The largest absolute Gasteiger partial charge is 0.493 e. The maximum Gasteiger partial charge on any atom is 0.321 e. The molecule has 1 saturated heterocycles. The second-order valence-electron chi connectivity index (χ2n) is 4.37. The Morgan fingerprint density at radius 1 is 1.42 bits per heavy atom. The number of hydrogen-bond acceptors (Lipinski definition) is 4. The van der Waals surface area contributed by atoms with E-state index in [9.17, 15) is 9.90 Å². The highest BCUT2D eigenvalue weighted by molar-refractivity contribution is 6.33. The Morgan fingerprint density at radius 2 is 2.16 bits per heavy atom. The lowest BCUT2D eigenvalue weighted by atomic mass is 9.91. The molecule has 1 fully saturated rings. The van der Waals surface area contributed by atoms with E-state index in [1.165, 1.54) is 14.2 Å². The molecule has 2 atom stereocenters. The van der Waals surface area contributed by atoms with Crippen molar-refractivity contribution in [2.75, 3.05) is 20.8 Å². The fourth-order valence-electron chi connectivity index (χ4n) is 2.49. The van der Waals surface area contributed by atoms with Gasteiger partial charge in [0, 0.05) is 5.92 Å². The van der Waals surface area contributed by atoms with Crippen LogP contribution in [-0.4, -0.2) is 37.9 Å². The van der Waals surface area contributed by atoms with Gasteiger partial charge >= 0.3 is 5.97 Å². The van der Waals surface area contributed by atoms with Gasteiger partial charge in [-0.1, -0.05) is 17.7 Å². The van der Waals surface area contributed by atoms with Crippen LogP contribution < -0.4 is 14.8 Å². The van der Waals surface area contributed by atoms with Crippen molar-refractivity contribution in [3.8, 4) is 11.5 Å². The van der Waals surface area contributed by atoms with Crippen LogP contribution in [0.4, 0.5) is 0 Å². The predicted octanol–water partition coefficient (Wildman–Crippen LogP) is 1.89. The molecule has 1 aliphatic rings. The van der Waals surface area contributed by atoms with E-state index in [0.29, 0.717) is 23.1 Å². The molecule has 0 spiro atoms. The van der Waals surface area contributed by atoms with Crippen molar-refractivity contribution in [3.05, 3.63) is 22.7 Å². The Kier molecular flexibility index (Phi) is 4.17. The third-order valence-electron chi connectivity index (χ3n) is 3.40. The van der Waals surface area contributed by atoms with E-state index in [1.54, 1.807) is 12.1 Å². The van der Waals surface area contributed by atoms with Crippen molar-refractivity contribution in [2.24, 2.45) is 0 Å². The second-order valence-corrected chi connectivity index (χ2v) is 4.75. The summed E-state index contributed by atoms with van der Waals surface area (Å²) in [6.45, 7) is 0.659. The van der Waals surface area contributed by atoms with Gasteiger partial charge in [0.25, 0.3) is 0 Å². The fraction of sp³-hybridized carbons (Fsp3) is 0.462. The number of carboxylic acid groups (broad SMARTS) is 1. The maximum atomic E-state index is 11.2. The maximum absolute atomic E-state index is 11.2. The Bertz CT molecular complexity index is 492. The number of nitrogens with one attached hydrogen (secondary N) is 1. The zero-order valence-corrected chi connectivity index (χ0v) is 11.5. The van der Waals surface area contributed by atoms with Crippen LogP contribution in [0.1, 0.15) is 17.9 Å². The number of carboxylic acids is 1. The molecule has 19 heavy (non-hydrogen) atoms. The van der Waals surface area contributed by atoms with Crippen molar-refractivity contribution in [1.82, 2.24) is 5.32 Å². The van der Waals surface area contributed by atoms with Crippen LogP contribution in [0.15, 0.2) is 12.1 Å². The van der Waals surface area contributed by atoms with Gasteiger partial charge in [0.15, 0.2) is 11.5 Å². The molecule has 104 valence electrons. The molecule has 0 aromatic heterocycles. The Hall–Kier alpha value is -1.46. The van der Waals surface area contributed by atoms with E-state index in [-0.39, 0.29) is 5.92 Å². The van der Waals surface area contributed by atoms with E-state index in [4.69, 9.17) is 21.1 Å². The molecule has 0 aliphatic carbocycles. The quantitative estimate of drug-likeness (QED) is 0.884. The Labute approximate surface area is 116 Å². The molecule has 0 bridgehead atoms. The second kappa shape index (κ2) is 5.67. The monoisotopic (exact) mass is 285 g/mol. The number of methoxy groups -OCH3 is 2. The summed E-state index contributed by atoms with van der Waals surface area (Å²) in [5.41, 5.74) is 0.775. The van der Waals surface area contributed by atoms with Gasteiger partial charge in [0.05, 0.1) is 19.2 Å². The van der Waals surface area contributed by atoms with E-state index in [0.717, 1.165) is 12.0 Å². The summed E-state index contributed by atoms with van der Waals surface area (Å²) in [5, 5.41) is 12.6. The molecule has 5 nitrogen and oxygen atoms in total. The zero-order chi connectivity index (χ0) is 14.0. The minimum absolute atomic E-state index is 0.162. The lowest BCUT2D eigenvalue weighted by molar-refractivity contribution is -0.139. The normalized spacial score (nSPS) is 22.3. The summed E-state index contributed by atoms with van der Waals surface area (Å²) in [7, 11) is 3.04. The van der Waals surface area contributed by atoms with Crippen molar-refractivity contribution in [2.45, 2.75) is 18.4 Å². The van der Waals surface area contributed by atoms with E-state index in [1.807, 2.05) is 0 Å². The highest BCUT2D eigenvalue weighted by atomic mass is 35.5. The van der Waals surface area contributed by atoms with Crippen LogP contribution >= 0.6 is 11.6 Å². The van der Waals surface area contributed by atoms with Gasteiger partial charge in [-0.3, -0.25) is 4.79 Å². The molecule has 0 radical (unpaired) electrons. The zero-order valence-electron chi connectivity index (χ0n) is 10.8. The highest BCUT2D eigenvalue weighted by Crippen LogP contribution is 2.42. The minimum atomic E-state index is -0.867. The summed E-state index contributed by atoms with van der Waals surface area (Å²) in [6.07, 6.45) is 0.728. The highest BCUT2D eigenvalue weighted by Gasteiger charge is 2.35. The number of ether oxygens (including phenoxy) is 2. The van der Waals surface area contributed by atoms with Gasteiger partial charge in [0.1, 0.15) is 6.04 Å². The molecule has 2 N–H and O–H groups in total. The van der Waals surface area contributed by atoms with E-state index >= 15 is 0 Å². The van der Waals surface area contributed by atoms with Crippen molar-refractivity contribution in [3.63, 3.8) is 0 Å².